The zero-order valence-electron chi connectivity index (χ0n) is 11.2. The Hall–Kier alpha value is -2.14. The molecule has 3 N–H and O–H groups in total. The normalized spacial score (nSPS) is 12.4. The number of nitrogens with zero attached hydrogens (tertiary/aromatic N) is 1. The number of carbonyl (C=O) groups excluding carboxylic acids is 1. The van der Waals surface area contributed by atoms with Crippen LogP contribution in [0.15, 0.2) is 41.9 Å². The van der Waals surface area contributed by atoms with E-state index < -0.39 is 0 Å². The van der Waals surface area contributed by atoms with Gasteiger partial charge < -0.3 is 11.1 Å². The fourth-order valence-electron chi connectivity index (χ4n) is 1.80. The first-order valence-electron chi connectivity index (χ1n) is 6.42. The Morgan fingerprint density at radius 3 is 3.05 bits per heavy atom. The molecule has 2 rings (SSSR count). The molecule has 0 saturated carbocycles. The highest BCUT2D eigenvalue weighted by molar-refractivity contribution is 7.09. The SMILES string of the molecule is CCC(NC(=O)/C=C/c1cccc(N)c1)c1nccs1. The fourth-order valence-corrected chi connectivity index (χ4v) is 2.57. The van der Waals surface area contributed by atoms with Gasteiger partial charge in [0.15, 0.2) is 0 Å². The van der Waals surface area contributed by atoms with Crippen LogP contribution in [0, 0.1) is 0 Å². The molecule has 4 nitrogen and oxygen atoms in total. The summed E-state index contributed by atoms with van der Waals surface area (Å²) in [7, 11) is 0. The summed E-state index contributed by atoms with van der Waals surface area (Å²) in [5, 5.41) is 5.78. The molecule has 0 aliphatic carbocycles. The summed E-state index contributed by atoms with van der Waals surface area (Å²) in [5.41, 5.74) is 7.28. The van der Waals surface area contributed by atoms with Crippen LogP contribution in [0.5, 0.6) is 0 Å². The van der Waals surface area contributed by atoms with E-state index in [-0.39, 0.29) is 11.9 Å². The van der Waals surface area contributed by atoms with E-state index >= 15 is 0 Å². The second-order valence-electron chi connectivity index (χ2n) is 4.34. The van der Waals surface area contributed by atoms with Crippen molar-refractivity contribution in [2.75, 3.05) is 5.73 Å². The molecule has 0 spiro atoms. The third-order valence-electron chi connectivity index (χ3n) is 2.81. The minimum Gasteiger partial charge on any atom is -0.399 e. The van der Waals surface area contributed by atoms with Crippen LogP contribution in [0.2, 0.25) is 0 Å². The van der Waals surface area contributed by atoms with E-state index in [4.69, 9.17) is 5.73 Å². The van der Waals surface area contributed by atoms with Crippen molar-refractivity contribution in [2.45, 2.75) is 19.4 Å². The molecule has 1 amide bonds. The van der Waals surface area contributed by atoms with E-state index in [0.29, 0.717) is 5.69 Å². The Labute approximate surface area is 122 Å². The van der Waals surface area contributed by atoms with Gasteiger partial charge in [-0.2, -0.15) is 0 Å². The van der Waals surface area contributed by atoms with Crippen LogP contribution in [0.25, 0.3) is 6.08 Å². The van der Waals surface area contributed by atoms with Crippen LogP contribution >= 0.6 is 11.3 Å². The average molecular weight is 287 g/mol. The molecule has 1 aromatic carbocycles. The van der Waals surface area contributed by atoms with Crippen molar-refractivity contribution in [3.8, 4) is 0 Å². The Bertz CT molecular complexity index is 593. The van der Waals surface area contributed by atoms with Crippen molar-refractivity contribution in [3.63, 3.8) is 0 Å². The van der Waals surface area contributed by atoms with Gasteiger partial charge >= 0.3 is 0 Å². The molecular formula is C15H17N3OS. The first kappa shape index (κ1) is 14.3. The summed E-state index contributed by atoms with van der Waals surface area (Å²) in [4.78, 5) is 16.1. The molecule has 1 aromatic heterocycles. The van der Waals surface area contributed by atoms with Gasteiger partial charge in [0.05, 0.1) is 6.04 Å². The van der Waals surface area contributed by atoms with Gasteiger partial charge in [0, 0.05) is 23.3 Å². The molecule has 1 atom stereocenters. The minimum atomic E-state index is -0.130. The van der Waals surface area contributed by atoms with Crippen LogP contribution in [-0.4, -0.2) is 10.9 Å². The second kappa shape index (κ2) is 6.86. The number of nitrogens with two attached hydrogens (primary N) is 1. The zero-order chi connectivity index (χ0) is 14.4. The van der Waals surface area contributed by atoms with Crippen LogP contribution < -0.4 is 11.1 Å². The maximum atomic E-state index is 11.9. The number of anilines is 1. The lowest BCUT2D eigenvalue weighted by Crippen LogP contribution is -2.26. The molecule has 0 bridgehead atoms. The first-order chi connectivity index (χ1) is 9.69. The number of amides is 1. The van der Waals surface area contributed by atoms with Crippen LogP contribution in [0.4, 0.5) is 5.69 Å². The largest absolute Gasteiger partial charge is 0.399 e. The van der Waals surface area contributed by atoms with Gasteiger partial charge in [0.25, 0.3) is 0 Å². The third-order valence-corrected chi connectivity index (χ3v) is 3.70. The summed E-state index contributed by atoms with van der Waals surface area (Å²) >= 11 is 1.55. The van der Waals surface area contributed by atoms with Crippen molar-refractivity contribution >= 4 is 29.0 Å². The quantitative estimate of drug-likeness (QED) is 0.656. The molecule has 0 aliphatic heterocycles. The number of hydrogen-bond donors (Lipinski definition) is 2. The van der Waals surface area contributed by atoms with Crippen LogP contribution in [0.3, 0.4) is 0 Å². The lowest BCUT2D eigenvalue weighted by atomic mass is 10.2. The van der Waals surface area contributed by atoms with Crippen LogP contribution in [0.1, 0.15) is 30.0 Å². The van der Waals surface area contributed by atoms with E-state index in [1.165, 1.54) is 6.08 Å². The zero-order valence-corrected chi connectivity index (χ0v) is 12.1. The van der Waals surface area contributed by atoms with Gasteiger partial charge in [-0.3, -0.25) is 4.79 Å². The summed E-state index contributed by atoms with van der Waals surface area (Å²) < 4.78 is 0. The summed E-state index contributed by atoms with van der Waals surface area (Å²) in [6.07, 6.45) is 5.83. The van der Waals surface area contributed by atoms with Crippen LogP contribution in [-0.2, 0) is 4.79 Å². The van der Waals surface area contributed by atoms with Crippen molar-refractivity contribution < 1.29 is 4.79 Å². The fraction of sp³-hybridized carbons (Fsp3) is 0.200. The van der Waals surface area contributed by atoms with Gasteiger partial charge in [-0.05, 0) is 30.2 Å². The van der Waals surface area contributed by atoms with Gasteiger partial charge in [-0.25, -0.2) is 4.98 Å². The predicted molar refractivity (Wildman–Crippen MR) is 83.2 cm³/mol. The Morgan fingerprint density at radius 1 is 1.55 bits per heavy atom. The number of nitrogens with one attached hydrogen (secondary N) is 1. The van der Waals surface area contributed by atoms with Crippen molar-refractivity contribution in [1.29, 1.82) is 0 Å². The monoisotopic (exact) mass is 287 g/mol. The third kappa shape index (κ3) is 3.93. The van der Waals surface area contributed by atoms with Crippen molar-refractivity contribution in [2.24, 2.45) is 0 Å². The predicted octanol–water partition coefficient (Wildman–Crippen LogP) is 3.01. The number of rotatable bonds is 5. The molecule has 104 valence electrons. The van der Waals surface area contributed by atoms with E-state index in [1.54, 1.807) is 23.6 Å². The molecule has 0 fully saturated rings. The standard InChI is InChI=1S/C15H17N3OS/c1-2-13(15-17-8-9-20-15)18-14(19)7-6-11-4-3-5-12(16)10-11/h3-10,13H,2,16H2,1H3,(H,18,19)/b7-6+. The highest BCUT2D eigenvalue weighted by Crippen LogP contribution is 2.18. The minimum absolute atomic E-state index is 0.0343. The second-order valence-corrected chi connectivity index (χ2v) is 5.27. The van der Waals surface area contributed by atoms with Crippen molar-refractivity contribution in [3.05, 3.63) is 52.5 Å². The molecular weight excluding hydrogens is 270 g/mol. The summed E-state index contributed by atoms with van der Waals surface area (Å²) in [6, 6.07) is 7.36. The number of carbonyl (C=O) groups is 1. The lowest BCUT2D eigenvalue weighted by molar-refractivity contribution is -0.117. The Balaban J connectivity index is 1.98. The number of hydrogen-bond acceptors (Lipinski definition) is 4. The van der Waals surface area contributed by atoms with E-state index in [1.807, 2.05) is 36.6 Å². The Kier molecular flexibility index (Phi) is 4.90. The number of thiazole rings is 1. The average Bonchev–Trinajstić information content (AvgIpc) is 2.96. The highest BCUT2D eigenvalue weighted by Gasteiger charge is 2.13. The molecule has 20 heavy (non-hydrogen) atoms. The van der Waals surface area contributed by atoms with Gasteiger partial charge in [-0.15, -0.1) is 11.3 Å². The molecule has 1 heterocycles. The molecule has 1 unspecified atom stereocenters. The van der Waals surface area contributed by atoms with Crippen molar-refractivity contribution in [1.82, 2.24) is 10.3 Å². The Morgan fingerprint density at radius 2 is 2.40 bits per heavy atom. The van der Waals surface area contributed by atoms with E-state index in [9.17, 15) is 4.79 Å². The molecule has 2 aromatic rings. The maximum Gasteiger partial charge on any atom is 0.244 e. The summed E-state index contributed by atoms with van der Waals surface area (Å²) in [5.74, 6) is -0.130. The number of nitrogen functional groups attached to an aromatic ring is 1. The van der Waals surface area contributed by atoms with Gasteiger partial charge in [-0.1, -0.05) is 19.1 Å². The van der Waals surface area contributed by atoms with E-state index in [0.717, 1.165) is 17.0 Å². The molecule has 0 saturated heterocycles. The molecule has 0 aliphatic rings. The number of benzene rings is 1. The molecule has 0 radical (unpaired) electrons. The smallest absolute Gasteiger partial charge is 0.244 e. The van der Waals surface area contributed by atoms with Gasteiger partial charge in [0.2, 0.25) is 5.91 Å². The molecule has 5 heteroatoms. The number of aromatic nitrogens is 1. The highest BCUT2D eigenvalue weighted by atomic mass is 32.1. The topological polar surface area (TPSA) is 68.0 Å². The first-order valence-corrected chi connectivity index (χ1v) is 7.30. The van der Waals surface area contributed by atoms with Gasteiger partial charge in [0.1, 0.15) is 5.01 Å². The summed E-state index contributed by atoms with van der Waals surface area (Å²) in [6.45, 7) is 2.02. The lowest BCUT2D eigenvalue weighted by Gasteiger charge is -2.12. The maximum absolute atomic E-state index is 11.9. The van der Waals surface area contributed by atoms with E-state index in [2.05, 4.69) is 10.3 Å².